The fourth-order valence-corrected chi connectivity index (χ4v) is 1.69. The molecule has 1 rings (SSSR count). The van der Waals surface area contributed by atoms with Gasteiger partial charge in [-0.05, 0) is 26.0 Å². The first-order valence-corrected chi connectivity index (χ1v) is 6.32. The molecule has 0 aliphatic carbocycles. The van der Waals surface area contributed by atoms with Crippen LogP contribution in [0.4, 0.5) is 0 Å². The summed E-state index contributed by atoms with van der Waals surface area (Å²) in [6.07, 6.45) is 2.41. The van der Waals surface area contributed by atoms with Gasteiger partial charge in [-0.1, -0.05) is 25.5 Å². The number of benzene rings is 1. The van der Waals surface area contributed by atoms with Crippen LogP contribution in [0.1, 0.15) is 32.3 Å². The molecule has 0 amide bonds. The molecule has 0 atom stereocenters. The highest BCUT2D eigenvalue weighted by molar-refractivity contribution is 5.85. The van der Waals surface area contributed by atoms with Crippen molar-refractivity contribution >= 4 is 12.4 Å². The first-order valence-electron chi connectivity index (χ1n) is 6.32. The number of hydrogen-bond acceptors (Lipinski definition) is 3. The summed E-state index contributed by atoms with van der Waals surface area (Å²) in [6.45, 7) is 6.70. The topological polar surface area (TPSA) is 30.5 Å². The first kappa shape index (κ1) is 17.1. The fraction of sp³-hybridized carbons (Fsp3) is 0.571. The third-order valence-electron chi connectivity index (χ3n) is 2.59. The van der Waals surface area contributed by atoms with Crippen molar-refractivity contribution in [2.45, 2.75) is 33.2 Å². The van der Waals surface area contributed by atoms with Crippen LogP contribution in [-0.2, 0) is 6.54 Å². The van der Waals surface area contributed by atoms with E-state index >= 15 is 0 Å². The van der Waals surface area contributed by atoms with Crippen LogP contribution in [0.5, 0.6) is 11.5 Å². The number of unbranched alkanes of at least 4 members (excludes halogenated alkanes) is 1. The van der Waals surface area contributed by atoms with Gasteiger partial charge in [0.05, 0.1) is 13.7 Å². The van der Waals surface area contributed by atoms with Crippen molar-refractivity contribution in [3.05, 3.63) is 23.8 Å². The Kier molecular flexibility index (Phi) is 9.52. The average molecular weight is 274 g/mol. The van der Waals surface area contributed by atoms with Crippen molar-refractivity contribution in [2.24, 2.45) is 0 Å². The molecule has 0 unspecified atom stereocenters. The van der Waals surface area contributed by atoms with E-state index in [2.05, 4.69) is 18.3 Å². The SMILES string of the molecule is CCCCNCc1cccc(OC)c1OCC.Cl. The van der Waals surface area contributed by atoms with Crippen molar-refractivity contribution in [2.75, 3.05) is 20.3 Å². The zero-order valence-electron chi connectivity index (χ0n) is 11.5. The second-order valence-corrected chi connectivity index (χ2v) is 3.91. The molecule has 0 saturated carbocycles. The van der Waals surface area contributed by atoms with Gasteiger partial charge in [-0.2, -0.15) is 0 Å². The zero-order chi connectivity index (χ0) is 12.5. The normalized spacial score (nSPS) is 9.72. The van der Waals surface area contributed by atoms with Crippen molar-refractivity contribution < 1.29 is 9.47 Å². The molecule has 0 heterocycles. The third-order valence-corrected chi connectivity index (χ3v) is 2.59. The van der Waals surface area contributed by atoms with Crippen LogP contribution in [0.25, 0.3) is 0 Å². The van der Waals surface area contributed by atoms with Crippen molar-refractivity contribution in [1.82, 2.24) is 5.32 Å². The molecule has 4 heteroatoms. The van der Waals surface area contributed by atoms with Gasteiger partial charge in [-0.15, -0.1) is 12.4 Å². The maximum atomic E-state index is 5.65. The molecule has 0 saturated heterocycles. The summed E-state index contributed by atoms with van der Waals surface area (Å²) in [5.74, 6) is 1.67. The number of rotatable bonds is 8. The maximum absolute atomic E-state index is 5.65. The minimum absolute atomic E-state index is 0. The van der Waals surface area contributed by atoms with E-state index < -0.39 is 0 Å². The molecular formula is C14H24ClNO2. The van der Waals surface area contributed by atoms with Gasteiger partial charge in [0, 0.05) is 12.1 Å². The van der Waals surface area contributed by atoms with E-state index in [-0.39, 0.29) is 12.4 Å². The molecule has 0 radical (unpaired) electrons. The van der Waals surface area contributed by atoms with Crippen LogP contribution in [0, 0.1) is 0 Å². The van der Waals surface area contributed by atoms with Crippen molar-refractivity contribution in [3.63, 3.8) is 0 Å². The molecule has 0 aliphatic heterocycles. The van der Waals surface area contributed by atoms with Crippen LogP contribution < -0.4 is 14.8 Å². The fourth-order valence-electron chi connectivity index (χ4n) is 1.69. The summed E-state index contributed by atoms with van der Waals surface area (Å²) < 4.78 is 11.0. The van der Waals surface area contributed by atoms with Crippen molar-refractivity contribution in [3.8, 4) is 11.5 Å². The number of ether oxygens (including phenoxy) is 2. The number of hydrogen-bond donors (Lipinski definition) is 1. The predicted octanol–water partition coefficient (Wildman–Crippen LogP) is 3.41. The molecule has 1 aromatic rings. The molecule has 3 nitrogen and oxygen atoms in total. The van der Waals surface area contributed by atoms with Gasteiger partial charge in [0.25, 0.3) is 0 Å². The maximum Gasteiger partial charge on any atom is 0.165 e. The second kappa shape index (κ2) is 10.0. The summed E-state index contributed by atoms with van der Waals surface area (Å²) in [7, 11) is 1.67. The van der Waals surface area contributed by atoms with E-state index in [9.17, 15) is 0 Å². The molecule has 0 bridgehead atoms. The number of para-hydroxylation sites is 1. The Hall–Kier alpha value is -0.930. The standard InChI is InChI=1S/C14H23NO2.ClH/c1-4-6-10-15-11-12-8-7-9-13(16-3)14(12)17-5-2;/h7-9,15H,4-6,10-11H2,1-3H3;1H. The second-order valence-electron chi connectivity index (χ2n) is 3.91. The molecule has 0 aliphatic rings. The predicted molar refractivity (Wildman–Crippen MR) is 78.0 cm³/mol. The molecule has 104 valence electrons. The van der Waals surface area contributed by atoms with Gasteiger partial charge in [0.1, 0.15) is 0 Å². The first-order chi connectivity index (χ1) is 8.33. The third kappa shape index (κ3) is 5.15. The van der Waals surface area contributed by atoms with Crippen molar-refractivity contribution in [1.29, 1.82) is 0 Å². The van der Waals surface area contributed by atoms with E-state index in [1.54, 1.807) is 7.11 Å². The smallest absolute Gasteiger partial charge is 0.165 e. The minimum Gasteiger partial charge on any atom is -0.493 e. The summed E-state index contributed by atoms with van der Waals surface area (Å²) in [5, 5.41) is 3.42. The van der Waals surface area contributed by atoms with E-state index in [0.29, 0.717) is 6.61 Å². The molecule has 18 heavy (non-hydrogen) atoms. The molecular weight excluding hydrogens is 250 g/mol. The Morgan fingerprint density at radius 2 is 2.00 bits per heavy atom. The Labute approximate surface area is 116 Å². The lowest BCUT2D eigenvalue weighted by molar-refractivity contribution is 0.307. The highest BCUT2D eigenvalue weighted by Crippen LogP contribution is 2.30. The van der Waals surface area contributed by atoms with Crippen LogP contribution in [0.15, 0.2) is 18.2 Å². The minimum atomic E-state index is 0. The summed E-state index contributed by atoms with van der Waals surface area (Å²) in [4.78, 5) is 0. The highest BCUT2D eigenvalue weighted by atomic mass is 35.5. The van der Waals surface area contributed by atoms with Crippen LogP contribution >= 0.6 is 12.4 Å². The van der Waals surface area contributed by atoms with E-state index in [1.807, 2.05) is 19.1 Å². The monoisotopic (exact) mass is 273 g/mol. The lowest BCUT2D eigenvalue weighted by Gasteiger charge is -2.14. The van der Waals surface area contributed by atoms with E-state index in [1.165, 1.54) is 12.8 Å². The van der Waals surface area contributed by atoms with Crippen LogP contribution in [0.2, 0.25) is 0 Å². The average Bonchev–Trinajstić information content (AvgIpc) is 2.36. The molecule has 0 aromatic heterocycles. The van der Waals surface area contributed by atoms with E-state index in [0.717, 1.165) is 30.2 Å². The zero-order valence-corrected chi connectivity index (χ0v) is 12.3. The van der Waals surface area contributed by atoms with E-state index in [4.69, 9.17) is 9.47 Å². The molecule has 0 spiro atoms. The van der Waals surface area contributed by atoms with Crippen LogP contribution in [0.3, 0.4) is 0 Å². The molecule has 1 N–H and O–H groups in total. The van der Waals surface area contributed by atoms with Gasteiger partial charge >= 0.3 is 0 Å². The quantitative estimate of drug-likeness (QED) is 0.737. The van der Waals surface area contributed by atoms with Crippen LogP contribution in [-0.4, -0.2) is 20.3 Å². The Balaban J connectivity index is 0.00000289. The summed E-state index contributed by atoms with van der Waals surface area (Å²) in [5.41, 5.74) is 1.15. The Morgan fingerprint density at radius 1 is 1.22 bits per heavy atom. The molecule has 1 aromatic carbocycles. The lowest BCUT2D eigenvalue weighted by atomic mass is 10.2. The Bertz CT molecular complexity index is 332. The van der Waals surface area contributed by atoms with Gasteiger partial charge < -0.3 is 14.8 Å². The number of halogens is 1. The number of methoxy groups -OCH3 is 1. The molecule has 0 fully saturated rings. The van der Waals surface area contributed by atoms with Gasteiger partial charge in [0.15, 0.2) is 11.5 Å². The number of nitrogens with one attached hydrogen (secondary N) is 1. The van der Waals surface area contributed by atoms with Gasteiger partial charge in [-0.25, -0.2) is 0 Å². The lowest BCUT2D eigenvalue weighted by Crippen LogP contribution is -2.15. The van der Waals surface area contributed by atoms with Gasteiger partial charge in [-0.3, -0.25) is 0 Å². The summed E-state index contributed by atoms with van der Waals surface area (Å²) in [6, 6.07) is 6.01. The highest BCUT2D eigenvalue weighted by Gasteiger charge is 2.09. The largest absolute Gasteiger partial charge is 0.493 e. The Morgan fingerprint density at radius 3 is 2.61 bits per heavy atom. The summed E-state index contributed by atoms with van der Waals surface area (Å²) >= 11 is 0. The van der Waals surface area contributed by atoms with Gasteiger partial charge in [0.2, 0.25) is 0 Å².